The third kappa shape index (κ3) is 4.09. The van der Waals surface area contributed by atoms with Crippen LogP contribution < -0.4 is 11.1 Å². The molecule has 0 saturated heterocycles. The lowest BCUT2D eigenvalue weighted by Gasteiger charge is -2.10. The summed E-state index contributed by atoms with van der Waals surface area (Å²) < 4.78 is 0. The fourth-order valence-electron chi connectivity index (χ4n) is 3.28. The Bertz CT molecular complexity index is 1140. The number of aryl methyl sites for hydroxylation is 2. The molecule has 4 aromatic rings. The number of carbonyl (C=O) groups is 1. The van der Waals surface area contributed by atoms with E-state index in [0.29, 0.717) is 10.7 Å². The number of hydrogen-bond acceptors (Lipinski definition) is 6. The van der Waals surface area contributed by atoms with Gasteiger partial charge in [0.05, 0.1) is 10.3 Å². The van der Waals surface area contributed by atoms with E-state index in [-0.39, 0.29) is 0 Å². The van der Waals surface area contributed by atoms with Crippen molar-refractivity contribution in [1.29, 1.82) is 0 Å². The topological polar surface area (TPSA) is 93.8 Å². The summed E-state index contributed by atoms with van der Waals surface area (Å²) in [4.78, 5) is 26.6. The smallest absolute Gasteiger partial charge is 0.259 e. The van der Waals surface area contributed by atoms with Gasteiger partial charge in [-0.15, -0.1) is 11.3 Å². The van der Waals surface area contributed by atoms with E-state index < -0.39 is 5.91 Å². The van der Waals surface area contributed by atoms with Crippen LogP contribution in [0.15, 0.2) is 54.9 Å². The summed E-state index contributed by atoms with van der Waals surface area (Å²) in [5, 5.41) is 4.31. The van der Waals surface area contributed by atoms with Gasteiger partial charge in [-0.25, -0.2) is 9.97 Å². The third-order valence-electron chi connectivity index (χ3n) is 4.73. The zero-order chi connectivity index (χ0) is 20.2. The summed E-state index contributed by atoms with van der Waals surface area (Å²) in [6.07, 6.45) is 5.37. The van der Waals surface area contributed by atoms with Crippen LogP contribution in [-0.2, 0) is 6.42 Å². The fraction of sp³-hybridized carbons (Fsp3) is 0.182. The number of rotatable bonds is 7. The van der Waals surface area contributed by atoms with E-state index in [0.717, 1.165) is 46.5 Å². The second kappa shape index (κ2) is 8.36. The Morgan fingerprint density at radius 2 is 1.86 bits per heavy atom. The predicted octanol–water partition coefficient (Wildman–Crippen LogP) is 4.21. The minimum absolute atomic E-state index is 0.439. The minimum atomic E-state index is -0.439. The van der Waals surface area contributed by atoms with Gasteiger partial charge in [-0.1, -0.05) is 30.3 Å². The van der Waals surface area contributed by atoms with Crippen molar-refractivity contribution >= 4 is 33.3 Å². The van der Waals surface area contributed by atoms with Crippen LogP contribution in [0, 0.1) is 6.92 Å². The number of primary amides is 1. The molecule has 0 radical (unpaired) electrons. The van der Waals surface area contributed by atoms with Crippen molar-refractivity contribution in [3.05, 3.63) is 70.9 Å². The van der Waals surface area contributed by atoms with Gasteiger partial charge in [0.25, 0.3) is 5.91 Å². The molecule has 1 amide bonds. The molecule has 4 rings (SSSR count). The molecule has 3 heterocycles. The highest BCUT2D eigenvalue weighted by Crippen LogP contribution is 2.35. The average molecular weight is 404 g/mol. The Hall–Kier alpha value is -3.32. The standard InChI is InChI=1S/C22H21N5OS/c1-14-17-21(25-11-5-8-15-6-3-2-4-7-15)26-20(16-9-12-24-13-10-16)27-22(17)29-18(14)19(23)28/h2-4,6-7,9-10,12-13H,5,8,11H2,1H3,(H2,23,28)(H,25,26,27). The van der Waals surface area contributed by atoms with Gasteiger partial charge in [-0.05, 0) is 43.0 Å². The maximum atomic E-state index is 11.8. The summed E-state index contributed by atoms with van der Waals surface area (Å²) in [5.74, 6) is 0.893. The van der Waals surface area contributed by atoms with E-state index in [9.17, 15) is 4.79 Å². The maximum absolute atomic E-state index is 11.8. The summed E-state index contributed by atoms with van der Waals surface area (Å²) in [5.41, 5.74) is 8.57. The zero-order valence-electron chi connectivity index (χ0n) is 16.1. The first-order valence-electron chi connectivity index (χ1n) is 9.42. The highest BCUT2D eigenvalue weighted by molar-refractivity contribution is 7.20. The van der Waals surface area contributed by atoms with Gasteiger partial charge in [0.2, 0.25) is 0 Å². The van der Waals surface area contributed by atoms with Crippen molar-refractivity contribution in [3.63, 3.8) is 0 Å². The van der Waals surface area contributed by atoms with E-state index in [1.54, 1.807) is 12.4 Å². The van der Waals surface area contributed by atoms with Crippen molar-refractivity contribution in [2.75, 3.05) is 11.9 Å². The van der Waals surface area contributed by atoms with Crippen molar-refractivity contribution < 1.29 is 4.79 Å². The lowest BCUT2D eigenvalue weighted by atomic mass is 10.1. The van der Waals surface area contributed by atoms with Crippen molar-refractivity contribution in [1.82, 2.24) is 15.0 Å². The molecule has 29 heavy (non-hydrogen) atoms. The van der Waals surface area contributed by atoms with E-state index in [1.165, 1.54) is 16.9 Å². The van der Waals surface area contributed by atoms with Crippen molar-refractivity contribution in [2.45, 2.75) is 19.8 Å². The second-order valence-electron chi connectivity index (χ2n) is 6.75. The van der Waals surface area contributed by atoms with Crippen LogP contribution in [0.3, 0.4) is 0 Å². The quantitative estimate of drug-likeness (QED) is 0.451. The van der Waals surface area contributed by atoms with Crippen LogP contribution >= 0.6 is 11.3 Å². The largest absolute Gasteiger partial charge is 0.369 e. The number of amides is 1. The number of carbonyl (C=O) groups excluding carboxylic acids is 1. The monoisotopic (exact) mass is 403 g/mol. The molecule has 0 bridgehead atoms. The molecule has 0 saturated carbocycles. The zero-order valence-corrected chi connectivity index (χ0v) is 16.9. The lowest BCUT2D eigenvalue weighted by Crippen LogP contribution is -2.10. The number of nitrogens with zero attached hydrogens (tertiary/aromatic N) is 3. The Morgan fingerprint density at radius 3 is 2.59 bits per heavy atom. The van der Waals surface area contributed by atoms with Crippen LogP contribution in [0.5, 0.6) is 0 Å². The Balaban J connectivity index is 1.65. The summed E-state index contributed by atoms with van der Waals surface area (Å²) in [7, 11) is 0. The number of nitrogens with two attached hydrogens (primary N) is 1. The molecule has 146 valence electrons. The van der Waals surface area contributed by atoms with Gasteiger partial charge >= 0.3 is 0 Å². The minimum Gasteiger partial charge on any atom is -0.369 e. The van der Waals surface area contributed by atoms with Gasteiger partial charge in [-0.3, -0.25) is 9.78 Å². The summed E-state index contributed by atoms with van der Waals surface area (Å²) >= 11 is 1.31. The van der Waals surface area contributed by atoms with Crippen LogP contribution in [0.25, 0.3) is 21.6 Å². The molecular weight excluding hydrogens is 382 g/mol. The highest BCUT2D eigenvalue weighted by atomic mass is 32.1. The lowest BCUT2D eigenvalue weighted by molar-refractivity contribution is 0.100. The molecule has 0 aliphatic heterocycles. The van der Waals surface area contributed by atoms with Crippen LogP contribution in [0.1, 0.15) is 27.2 Å². The Labute approximate surface area is 172 Å². The van der Waals surface area contributed by atoms with Gasteiger partial charge in [0.1, 0.15) is 10.6 Å². The van der Waals surface area contributed by atoms with Crippen LogP contribution in [0.4, 0.5) is 5.82 Å². The molecule has 0 aliphatic rings. The molecule has 3 aromatic heterocycles. The number of nitrogens with one attached hydrogen (secondary N) is 1. The average Bonchev–Trinajstić information content (AvgIpc) is 3.09. The fourth-order valence-corrected chi connectivity index (χ4v) is 4.31. The molecule has 6 nitrogen and oxygen atoms in total. The van der Waals surface area contributed by atoms with Gasteiger partial charge in [0, 0.05) is 24.5 Å². The second-order valence-corrected chi connectivity index (χ2v) is 7.75. The van der Waals surface area contributed by atoms with E-state index in [2.05, 4.69) is 39.6 Å². The van der Waals surface area contributed by atoms with Gasteiger partial charge < -0.3 is 11.1 Å². The number of aromatic nitrogens is 3. The maximum Gasteiger partial charge on any atom is 0.259 e. The third-order valence-corrected chi connectivity index (χ3v) is 5.93. The normalized spacial score (nSPS) is 10.9. The number of anilines is 1. The molecule has 0 atom stereocenters. The number of hydrogen-bond donors (Lipinski definition) is 2. The SMILES string of the molecule is Cc1c(C(N)=O)sc2nc(-c3ccncc3)nc(NCCCc3ccccc3)c12. The molecular formula is C22H21N5OS. The Morgan fingerprint density at radius 1 is 1.10 bits per heavy atom. The molecule has 0 aliphatic carbocycles. The van der Waals surface area contributed by atoms with E-state index >= 15 is 0 Å². The summed E-state index contributed by atoms with van der Waals surface area (Å²) in [6.45, 7) is 2.65. The molecule has 0 spiro atoms. The Kier molecular flexibility index (Phi) is 5.48. The van der Waals surface area contributed by atoms with Gasteiger partial charge in [-0.2, -0.15) is 0 Å². The molecule has 0 unspecified atom stereocenters. The predicted molar refractivity (Wildman–Crippen MR) is 117 cm³/mol. The van der Waals surface area contributed by atoms with E-state index in [1.807, 2.05) is 25.1 Å². The first-order valence-corrected chi connectivity index (χ1v) is 10.2. The number of pyridine rings is 1. The van der Waals surface area contributed by atoms with Gasteiger partial charge in [0.15, 0.2) is 5.82 Å². The van der Waals surface area contributed by atoms with E-state index in [4.69, 9.17) is 10.7 Å². The number of fused-ring (bicyclic) bond motifs is 1. The molecule has 0 fully saturated rings. The highest BCUT2D eigenvalue weighted by Gasteiger charge is 2.19. The first-order chi connectivity index (χ1) is 14.1. The number of benzene rings is 1. The summed E-state index contributed by atoms with van der Waals surface area (Å²) in [6, 6.07) is 14.1. The molecule has 1 aromatic carbocycles. The number of thiophene rings is 1. The first kappa shape index (κ1) is 19.0. The molecule has 3 N–H and O–H groups in total. The van der Waals surface area contributed by atoms with Crippen LogP contribution in [0.2, 0.25) is 0 Å². The van der Waals surface area contributed by atoms with Crippen molar-refractivity contribution in [3.8, 4) is 11.4 Å². The van der Waals surface area contributed by atoms with Crippen LogP contribution in [-0.4, -0.2) is 27.4 Å². The van der Waals surface area contributed by atoms with Crippen molar-refractivity contribution in [2.24, 2.45) is 5.73 Å². The molecule has 7 heteroatoms.